The minimum Gasteiger partial charge on any atom is -0.586 e. The Labute approximate surface area is 281 Å². The van der Waals surface area contributed by atoms with Gasteiger partial charge in [0, 0.05) is 30.7 Å². The highest BCUT2D eigenvalue weighted by Gasteiger charge is 2.26. The third-order valence-electron chi connectivity index (χ3n) is 7.73. The highest BCUT2D eigenvalue weighted by molar-refractivity contribution is 6.53. The number of fused-ring (bicyclic) bond motifs is 1. The molecule has 0 radical (unpaired) electrons. The van der Waals surface area contributed by atoms with E-state index in [4.69, 9.17) is 30.2 Å². The average Bonchev–Trinajstić information content (AvgIpc) is 2.97. The smallest absolute Gasteiger partial charge is 0.412 e. The number of carbonyl (C=O) groups excluding carboxylic acids is 2. The Bertz CT molecular complexity index is 1710. The summed E-state index contributed by atoms with van der Waals surface area (Å²) in [6.45, 7) is 17.7. The molecule has 1 aromatic heterocycles. The van der Waals surface area contributed by atoms with Crippen LogP contribution in [0.15, 0.2) is 29.2 Å². The molecule has 13 heteroatoms. The summed E-state index contributed by atoms with van der Waals surface area (Å²) in [5, 5.41) is 1.60. The summed E-state index contributed by atoms with van der Waals surface area (Å²) < 4.78 is 54.4. The van der Waals surface area contributed by atoms with Crippen molar-refractivity contribution in [2.45, 2.75) is 85.0 Å². The first-order valence-electron chi connectivity index (χ1n) is 15.2. The van der Waals surface area contributed by atoms with E-state index in [1.807, 2.05) is 18.4 Å². The van der Waals surface area contributed by atoms with Crippen LogP contribution in [0.3, 0.4) is 0 Å². The van der Waals surface area contributed by atoms with E-state index in [1.165, 1.54) is 26.5 Å². The van der Waals surface area contributed by atoms with Crippen LogP contribution in [0.25, 0.3) is 10.9 Å². The first-order chi connectivity index (χ1) is 21.7. The molecule has 1 heterocycles. The lowest BCUT2D eigenvalue weighted by atomic mass is 9.98. The van der Waals surface area contributed by atoms with Crippen molar-refractivity contribution in [3.8, 4) is 5.75 Å². The number of pyridine rings is 1. The number of nitrogens with one attached hydrogen (secondary N) is 1. The molecule has 1 amide bonds. The van der Waals surface area contributed by atoms with E-state index in [-0.39, 0.29) is 45.6 Å². The number of halogens is 3. The van der Waals surface area contributed by atoms with Crippen LogP contribution >= 0.6 is 11.6 Å². The number of benzene rings is 2. The maximum atomic E-state index is 15.4. The lowest BCUT2D eigenvalue weighted by Crippen LogP contribution is -2.32. The largest absolute Gasteiger partial charge is 0.586 e. The Morgan fingerprint density at radius 3 is 2.19 bits per heavy atom. The fourth-order valence-corrected chi connectivity index (χ4v) is 5.87. The number of amides is 1. The molecule has 0 bridgehead atoms. The molecule has 9 nitrogen and oxygen atoms in total. The van der Waals surface area contributed by atoms with Crippen molar-refractivity contribution in [2.24, 2.45) is 5.92 Å². The van der Waals surface area contributed by atoms with Gasteiger partial charge in [0.1, 0.15) is 27.8 Å². The van der Waals surface area contributed by atoms with Crippen molar-refractivity contribution in [1.29, 1.82) is 0 Å². The quantitative estimate of drug-likeness (QED) is 0.129. The lowest BCUT2D eigenvalue weighted by Gasteiger charge is -2.42. The second kappa shape index (κ2) is 14.7. The van der Waals surface area contributed by atoms with Crippen molar-refractivity contribution in [3.63, 3.8) is 0 Å². The summed E-state index contributed by atoms with van der Waals surface area (Å²) in [5.74, 6) is -2.69. The number of rotatable bonds is 10. The van der Waals surface area contributed by atoms with Gasteiger partial charge >= 0.3 is 12.1 Å². The average molecular weight is 694 g/mol. The number of hydrogen-bond donors (Lipinski definition) is 1. The molecule has 0 aliphatic carbocycles. The molecule has 47 heavy (non-hydrogen) atoms. The molecule has 0 saturated carbocycles. The molecule has 3 aromatic rings. The molecule has 1 N–H and O–H groups in total. The molecule has 0 aliphatic rings. The van der Waals surface area contributed by atoms with Crippen LogP contribution in [0.4, 0.5) is 19.3 Å². The highest BCUT2D eigenvalue weighted by Crippen LogP contribution is 2.35. The van der Waals surface area contributed by atoms with Crippen molar-refractivity contribution in [1.82, 2.24) is 4.57 Å². The predicted molar refractivity (Wildman–Crippen MR) is 181 cm³/mol. The van der Waals surface area contributed by atoms with Crippen molar-refractivity contribution in [2.75, 3.05) is 26.1 Å². The van der Waals surface area contributed by atoms with Crippen LogP contribution in [0.1, 0.15) is 82.9 Å². The van der Waals surface area contributed by atoms with Crippen LogP contribution < -0.4 is 15.5 Å². The summed E-state index contributed by atoms with van der Waals surface area (Å²) in [6.07, 6.45) is 0.322. The molecule has 0 fully saturated rings. The van der Waals surface area contributed by atoms with E-state index in [2.05, 4.69) is 32.6 Å². The van der Waals surface area contributed by atoms with Crippen LogP contribution in [-0.4, -0.2) is 52.1 Å². The van der Waals surface area contributed by atoms with Gasteiger partial charge in [-0.2, -0.15) is 6.55 Å². The maximum absolute atomic E-state index is 15.4. The number of methoxy groups -OCH3 is 2. The zero-order valence-electron chi connectivity index (χ0n) is 28.8. The molecule has 3 rings (SSSR count). The molecule has 0 saturated heterocycles. The van der Waals surface area contributed by atoms with Gasteiger partial charge in [0.25, 0.3) is 0 Å². The van der Waals surface area contributed by atoms with E-state index in [0.717, 1.165) is 6.07 Å². The number of nitrogens with zero attached hydrogens (tertiary/aromatic N) is 1. The normalized spacial score (nSPS) is 12.9. The van der Waals surface area contributed by atoms with Crippen LogP contribution in [-0.2, 0) is 20.3 Å². The first kappa shape index (κ1) is 38.0. The summed E-state index contributed by atoms with van der Waals surface area (Å²) in [4.78, 5) is 38.9. The molecule has 0 spiro atoms. The van der Waals surface area contributed by atoms with Gasteiger partial charge in [0.05, 0.1) is 31.5 Å². The number of ether oxygens (including phenoxy) is 3. The van der Waals surface area contributed by atoms with Crippen molar-refractivity contribution >= 4 is 49.3 Å². The molecular formula is C34H44ClF2N2O7Si-. The fraction of sp³-hybridized carbons (Fsp3) is 0.500. The van der Waals surface area contributed by atoms with Gasteiger partial charge < -0.3 is 23.2 Å². The monoisotopic (exact) mass is 693 g/mol. The predicted octanol–water partition coefficient (Wildman–Crippen LogP) is 8.30. The lowest BCUT2D eigenvalue weighted by molar-refractivity contribution is 0.0595. The van der Waals surface area contributed by atoms with Gasteiger partial charge in [-0.3, -0.25) is 10.1 Å². The van der Waals surface area contributed by atoms with Gasteiger partial charge in [-0.1, -0.05) is 46.2 Å². The first-order valence-corrected chi connectivity index (χ1v) is 17.5. The molecule has 2 aromatic carbocycles. The van der Waals surface area contributed by atoms with Gasteiger partial charge in [0.15, 0.2) is 5.82 Å². The Kier molecular flexibility index (Phi) is 11.9. The van der Waals surface area contributed by atoms with E-state index in [1.54, 1.807) is 26.8 Å². The molecule has 0 unspecified atom stereocenters. The summed E-state index contributed by atoms with van der Waals surface area (Å²) in [5.41, 5.74) is -1.29. The number of hydrogen-bond acceptors (Lipinski definition) is 7. The topological polar surface area (TPSA) is 105 Å². The highest BCUT2D eigenvalue weighted by atomic mass is 35.5. The second-order valence-electron chi connectivity index (χ2n) is 13.7. The van der Waals surface area contributed by atoms with Crippen molar-refractivity contribution in [3.05, 3.63) is 68.0 Å². The second-order valence-corrected chi connectivity index (χ2v) is 17.0. The Hall–Kier alpha value is -3.48. The van der Waals surface area contributed by atoms with Gasteiger partial charge in [-0.15, -0.1) is 14.1 Å². The van der Waals surface area contributed by atoms with Crippen LogP contribution in [0, 0.1) is 17.6 Å². The number of anilines is 1. The summed E-state index contributed by atoms with van der Waals surface area (Å²) >= 11 is 6.01. The Morgan fingerprint density at radius 2 is 1.66 bits per heavy atom. The van der Waals surface area contributed by atoms with E-state index < -0.39 is 48.8 Å². The SMILES string of the molecule is COC(=O)c1cn([C@H](CO[Si-](C)C(C)(C)C)C(C)C)c2cc(OC)c(Cc3cc(NC(=O)OC(C)(C)C)c(F)c(Cl)c3F)cc2c1=O. The van der Waals surface area contributed by atoms with Gasteiger partial charge in [-0.05, 0) is 49.9 Å². The zero-order chi connectivity index (χ0) is 35.6. The fourth-order valence-electron chi connectivity index (χ4n) is 4.80. The standard InChI is InChI=1S/C34H44ClF2N2O7Si/c1-18(2)25(17-45-47(11)34(6,7)8)39-16-22(31(41)44-10)30(40)21-13-19(26(43-9)15-24(21)39)12-20-14-23(29(37)27(35)28(20)36)38-32(42)46-33(3,4)5/h13-16,18,25H,12,17H2,1-11H3,(H,38,42)/q-1/t25-/m1/s1. The summed E-state index contributed by atoms with van der Waals surface area (Å²) in [6, 6.07) is 3.99. The number of esters is 1. The van der Waals surface area contributed by atoms with Gasteiger partial charge in [0.2, 0.25) is 5.43 Å². The minimum atomic E-state index is -1.21. The Balaban J connectivity index is 2.22. The third kappa shape index (κ3) is 8.91. The summed E-state index contributed by atoms with van der Waals surface area (Å²) in [7, 11) is 1.41. The number of carbonyl (C=O) groups is 2. The van der Waals surface area contributed by atoms with E-state index in [9.17, 15) is 18.8 Å². The van der Waals surface area contributed by atoms with Crippen LogP contribution in [0.2, 0.25) is 16.6 Å². The van der Waals surface area contributed by atoms with Crippen molar-refractivity contribution < 1.29 is 37.0 Å². The van der Waals surface area contributed by atoms with Crippen LogP contribution in [0.5, 0.6) is 5.75 Å². The zero-order valence-corrected chi connectivity index (χ0v) is 30.6. The Morgan fingerprint density at radius 1 is 1.02 bits per heavy atom. The maximum Gasteiger partial charge on any atom is 0.412 e. The minimum absolute atomic E-state index is 0.0199. The molecule has 1 atom stereocenters. The van der Waals surface area contributed by atoms with E-state index >= 15 is 4.39 Å². The van der Waals surface area contributed by atoms with E-state index in [0.29, 0.717) is 23.4 Å². The molecule has 0 aliphatic heterocycles. The third-order valence-corrected chi connectivity index (χ3v) is 10.8. The molecular weight excluding hydrogens is 650 g/mol. The molecule has 258 valence electrons. The van der Waals surface area contributed by atoms with Gasteiger partial charge in [-0.25, -0.2) is 18.4 Å². The number of aromatic nitrogens is 1.